The molecule has 1 aliphatic carbocycles. The third-order valence-corrected chi connectivity index (χ3v) is 14.2. The van der Waals surface area contributed by atoms with Gasteiger partial charge in [0.05, 0.1) is 29.6 Å². The largest absolute Gasteiger partial charge is 0.512 e. The standard InChI is InChI=1S/C51H70N4O6/c1-12-27(3)16-14-17-28(4)18-15-19-29(5)22-23-61-43(57)21-20-36-31(7)38-24-39-32(8)44(34(10)56)42(53-39)26-37-30(6)35(13-2)41(52-37)25-40-33(9)45-49(55-40)46(48(36)54-38)47(50(45)58)51(59)60-11/h22,24-28,30-31,35-36,47,53,55-56,58H,12-21,23H2,1-11H3/b29-22+,38-24?,41-25?,42-26?,44-34?/t27-,28-,30-,31+,35-,36+,47-/m1/s1. The Morgan fingerprint density at radius 2 is 1.49 bits per heavy atom. The SMILES string of the molecule is CC[C@@H](C)CCC[C@@H](C)CCC/C(C)=C/COC(=O)CC[C@@H]1c2nc(cc3[nH]c(cc4nc(cc5[nH]c6c2[C@@H](C(=O)OC)C(O)=c6c5C)[C@H](CC)[C@H]4C)c(=C(C)O)c3C)[C@H]1C. The van der Waals surface area contributed by atoms with Crippen LogP contribution in [0.3, 0.4) is 0 Å². The quantitative estimate of drug-likeness (QED) is 0.0823. The molecular weight excluding hydrogens is 765 g/mol. The summed E-state index contributed by atoms with van der Waals surface area (Å²) < 4.78 is 11.1. The molecule has 8 bridgehead atoms. The highest BCUT2D eigenvalue weighted by Gasteiger charge is 2.41. The summed E-state index contributed by atoms with van der Waals surface area (Å²) in [4.78, 5) is 44.6. The van der Waals surface area contributed by atoms with Crippen LogP contribution in [0.2, 0.25) is 0 Å². The first-order chi connectivity index (χ1) is 29.1. The number of rotatable bonds is 16. The Balaban J connectivity index is 1.35. The number of aromatic amines is 2. The van der Waals surface area contributed by atoms with Crippen LogP contribution in [0.15, 0.2) is 29.8 Å². The van der Waals surface area contributed by atoms with Gasteiger partial charge < -0.3 is 29.7 Å². The van der Waals surface area contributed by atoms with E-state index in [0.717, 1.165) is 81.1 Å². The minimum absolute atomic E-state index is 0.0756. The number of carbonyl (C=O) groups excluding carboxylic acids is 2. The molecule has 0 radical (unpaired) electrons. The summed E-state index contributed by atoms with van der Waals surface area (Å²) in [6.07, 6.45) is 11.9. The minimum atomic E-state index is -1.09. The third kappa shape index (κ3) is 9.48. The smallest absolute Gasteiger partial charge is 0.321 e. The van der Waals surface area contributed by atoms with Crippen LogP contribution in [0.1, 0.15) is 189 Å². The Morgan fingerprint density at radius 3 is 2.18 bits per heavy atom. The number of aliphatic hydroxyl groups excluding tert-OH is 2. The van der Waals surface area contributed by atoms with Crippen molar-refractivity contribution in [2.24, 2.45) is 11.8 Å². The summed E-state index contributed by atoms with van der Waals surface area (Å²) in [6.45, 7) is 21.4. The van der Waals surface area contributed by atoms with Gasteiger partial charge in [0.1, 0.15) is 18.3 Å². The van der Waals surface area contributed by atoms with Gasteiger partial charge in [-0.25, -0.2) is 0 Å². The number of hydrogen-bond acceptors (Lipinski definition) is 8. The molecule has 0 saturated carbocycles. The molecule has 61 heavy (non-hydrogen) atoms. The number of fused-ring (bicyclic) bond motifs is 8. The van der Waals surface area contributed by atoms with E-state index in [1.807, 2.05) is 32.1 Å². The molecule has 4 N–H and O–H groups in total. The zero-order valence-electron chi connectivity index (χ0n) is 38.6. The molecule has 0 aromatic carbocycles. The minimum Gasteiger partial charge on any atom is -0.512 e. The molecule has 0 saturated heterocycles. The Morgan fingerprint density at radius 1 is 0.852 bits per heavy atom. The number of aliphatic hydroxyl groups is 2. The van der Waals surface area contributed by atoms with Crippen LogP contribution in [0.25, 0.3) is 33.6 Å². The van der Waals surface area contributed by atoms with Crippen molar-refractivity contribution in [3.63, 3.8) is 0 Å². The second kappa shape index (κ2) is 19.5. The number of H-pyrrole nitrogens is 2. The van der Waals surface area contributed by atoms with Crippen LogP contribution < -0.4 is 10.4 Å². The topological polar surface area (TPSA) is 150 Å². The molecule has 6 rings (SSSR count). The Hall–Kier alpha value is -4.86. The van der Waals surface area contributed by atoms with Crippen LogP contribution in [0.4, 0.5) is 0 Å². The van der Waals surface area contributed by atoms with Gasteiger partial charge in [-0.15, -0.1) is 0 Å². The molecule has 2 aliphatic heterocycles. The average molecular weight is 835 g/mol. The number of nitrogens with one attached hydrogen (secondary N) is 2. The van der Waals surface area contributed by atoms with E-state index < -0.39 is 11.9 Å². The van der Waals surface area contributed by atoms with E-state index in [0.29, 0.717) is 28.4 Å². The van der Waals surface area contributed by atoms with E-state index in [2.05, 4.69) is 64.5 Å². The maximum absolute atomic E-state index is 13.6. The Bertz CT molecular complexity index is 2450. The third-order valence-electron chi connectivity index (χ3n) is 14.2. The lowest BCUT2D eigenvalue weighted by Crippen LogP contribution is -2.18. The second-order valence-corrected chi connectivity index (χ2v) is 18.4. The van der Waals surface area contributed by atoms with E-state index in [4.69, 9.17) is 19.4 Å². The molecule has 3 aromatic rings. The summed E-state index contributed by atoms with van der Waals surface area (Å²) in [6, 6.07) is 6.12. The summed E-state index contributed by atoms with van der Waals surface area (Å²) in [7, 11) is 1.33. The highest BCUT2D eigenvalue weighted by molar-refractivity contribution is 5.96. The second-order valence-electron chi connectivity index (χ2n) is 18.4. The van der Waals surface area contributed by atoms with Crippen molar-refractivity contribution >= 4 is 45.5 Å². The first kappa shape index (κ1) is 45.7. The van der Waals surface area contributed by atoms with Gasteiger partial charge in [0, 0.05) is 74.2 Å². The van der Waals surface area contributed by atoms with Gasteiger partial charge in [0.15, 0.2) is 0 Å². The number of hydrogen-bond donors (Lipinski definition) is 4. The predicted molar refractivity (Wildman–Crippen MR) is 245 cm³/mol. The van der Waals surface area contributed by atoms with Crippen LogP contribution in [-0.4, -0.2) is 55.8 Å². The maximum Gasteiger partial charge on any atom is 0.321 e. The lowest BCUT2D eigenvalue weighted by molar-refractivity contribution is -0.143. The van der Waals surface area contributed by atoms with Gasteiger partial charge >= 0.3 is 11.9 Å². The molecule has 3 aromatic heterocycles. The van der Waals surface area contributed by atoms with Crippen LogP contribution in [0, 0.1) is 25.7 Å². The van der Waals surface area contributed by atoms with Gasteiger partial charge in [0.25, 0.3) is 0 Å². The van der Waals surface area contributed by atoms with E-state index in [-0.39, 0.29) is 54.2 Å². The predicted octanol–water partition coefficient (Wildman–Crippen LogP) is 11.0. The van der Waals surface area contributed by atoms with Crippen LogP contribution >= 0.6 is 0 Å². The summed E-state index contributed by atoms with van der Waals surface area (Å²) in [5, 5.41) is 24.2. The molecule has 0 spiro atoms. The van der Waals surface area contributed by atoms with Crippen molar-refractivity contribution in [1.82, 2.24) is 19.9 Å². The van der Waals surface area contributed by atoms with E-state index in [1.54, 1.807) is 6.92 Å². The van der Waals surface area contributed by atoms with Crippen LogP contribution in [0.5, 0.6) is 0 Å². The monoisotopic (exact) mass is 835 g/mol. The number of allylic oxidation sites excluding steroid dienone is 1. The molecule has 0 amide bonds. The molecule has 0 fully saturated rings. The fraction of sp³-hybridized carbons (Fsp3) is 0.569. The number of ether oxygens (including phenoxy) is 2. The molecule has 0 unspecified atom stereocenters. The van der Waals surface area contributed by atoms with Gasteiger partial charge in [0.2, 0.25) is 0 Å². The van der Waals surface area contributed by atoms with E-state index in [9.17, 15) is 19.8 Å². The van der Waals surface area contributed by atoms with Gasteiger partial charge in [-0.2, -0.15) is 0 Å². The van der Waals surface area contributed by atoms with Crippen molar-refractivity contribution in [2.75, 3.05) is 13.7 Å². The van der Waals surface area contributed by atoms with Crippen molar-refractivity contribution in [3.8, 4) is 0 Å². The van der Waals surface area contributed by atoms with Crippen molar-refractivity contribution in [3.05, 3.63) is 79.8 Å². The summed E-state index contributed by atoms with van der Waals surface area (Å²) in [5.41, 5.74) is 9.70. The summed E-state index contributed by atoms with van der Waals surface area (Å²) >= 11 is 0. The molecule has 330 valence electrons. The normalized spacial score (nSPS) is 21.4. The molecule has 10 heteroatoms. The number of aromatic nitrogens is 4. The van der Waals surface area contributed by atoms with Gasteiger partial charge in [-0.3, -0.25) is 19.6 Å². The summed E-state index contributed by atoms with van der Waals surface area (Å²) in [5.74, 6) is -0.494. The maximum atomic E-state index is 13.6. The highest BCUT2D eigenvalue weighted by atomic mass is 16.5. The lowest BCUT2D eigenvalue weighted by atomic mass is 9.84. The van der Waals surface area contributed by atoms with Crippen LogP contribution in [-0.2, 0) is 19.1 Å². The van der Waals surface area contributed by atoms with E-state index in [1.165, 1.54) is 44.8 Å². The van der Waals surface area contributed by atoms with Crippen molar-refractivity contribution in [1.29, 1.82) is 0 Å². The fourth-order valence-corrected chi connectivity index (χ4v) is 9.98. The Kier molecular flexibility index (Phi) is 14.6. The zero-order chi connectivity index (χ0) is 44.3. The molecule has 10 nitrogen and oxygen atoms in total. The van der Waals surface area contributed by atoms with E-state index >= 15 is 0 Å². The highest BCUT2D eigenvalue weighted by Crippen LogP contribution is 2.46. The van der Waals surface area contributed by atoms with Gasteiger partial charge in [-0.1, -0.05) is 79.2 Å². The van der Waals surface area contributed by atoms with Crippen molar-refractivity contribution < 1.29 is 29.3 Å². The first-order valence-electron chi connectivity index (χ1n) is 22.9. The molecule has 3 aliphatic rings. The number of esters is 2. The number of nitrogens with zero attached hydrogens (tertiary/aromatic N) is 2. The lowest BCUT2D eigenvalue weighted by Gasteiger charge is -2.19. The first-order valence-corrected chi connectivity index (χ1v) is 22.9. The van der Waals surface area contributed by atoms with Crippen molar-refractivity contribution in [2.45, 2.75) is 163 Å². The molecule has 7 atom stereocenters. The van der Waals surface area contributed by atoms with Gasteiger partial charge in [-0.05, 0) is 101 Å². The average Bonchev–Trinajstić information content (AvgIpc) is 3.97. The molecule has 5 heterocycles. The fourth-order valence-electron chi connectivity index (χ4n) is 9.98. The number of carbonyl (C=O) groups is 2. The number of aryl methyl sites for hydroxylation is 2. The zero-order valence-corrected chi connectivity index (χ0v) is 38.6. The molecular formula is C51H70N4O6. The Labute approximate surface area is 362 Å². The number of methoxy groups -OCH3 is 1.